The summed E-state index contributed by atoms with van der Waals surface area (Å²) >= 11 is 7.67. The minimum atomic E-state index is -0.339. The average molecular weight is 478 g/mol. The van der Waals surface area contributed by atoms with Gasteiger partial charge in [0.25, 0.3) is 5.91 Å². The third-order valence-corrected chi connectivity index (χ3v) is 6.03. The van der Waals surface area contributed by atoms with Crippen LogP contribution in [0.5, 0.6) is 5.75 Å². The topological polar surface area (TPSA) is 80.3 Å². The first-order chi connectivity index (χ1) is 16.0. The lowest BCUT2D eigenvalue weighted by atomic mass is 10.1. The van der Waals surface area contributed by atoms with Gasteiger partial charge in [0.2, 0.25) is 5.91 Å². The highest BCUT2D eigenvalue weighted by Crippen LogP contribution is 2.30. The molecule has 0 unspecified atom stereocenters. The number of hydrogen-bond acceptors (Lipinski definition) is 5. The summed E-state index contributed by atoms with van der Waals surface area (Å²) in [4.78, 5) is 30.1. The lowest BCUT2D eigenvalue weighted by Gasteiger charge is -2.12. The Morgan fingerprint density at radius 3 is 2.61 bits per heavy atom. The second kappa shape index (κ2) is 10.3. The fourth-order valence-corrected chi connectivity index (χ4v) is 4.33. The summed E-state index contributed by atoms with van der Waals surface area (Å²) in [6.07, 6.45) is 0.0762. The molecule has 0 aliphatic rings. The van der Waals surface area contributed by atoms with Crippen LogP contribution in [0.25, 0.3) is 10.6 Å². The molecule has 4 rings (SSSR count). The molecule has 1 heterocycles. The molecule has 33 heavy (non-hydrogen) atoms. The van der Waals surface area contributed by atoms with Crippen molar-refractivity contribution in [1.82, 2.24) is 4.98 Å². The van der Waals surface area contributed by atoms with E-state index in [1.165, 1.54) is 11.3 Å². The zero-order valence-electron chi connectivity index (χ0n) is 17.7. The Kier molecular flexibility index (Phi) is 7.02. The first kappa shape index (κ1) is 22.5. The van der Waals surface area contributed by atoms with Gasteiger partial charge in [-0.3, -0.25) is 9.59 Å². The van der Waals surface area contributed by atoms with Crippen LogP contribution >= 0.6 is 22.9 Å². The number of para-hydroxylation sites is 1. The van der Waals surface area contributed by atoms with E-state index >= 15 is 0 Å². The molecule has 0 spiro atoms. The molecule has 4 aromatic rings. The van der Waals surface area contributed by atoms with Crippen molar-refractivity contribution in [2.24, 2.45) is 0 Å². The molecule has 2 amide bonds. The lowest BCUT2D eigenvalue weighted by Crippen LogP contribution is -2.19. The van der Waals surface area contributed by atoms with Crippen molar-refractivity contribution in [1.29, 1.82) is 0 Å². The smallest absolute Gasteiger partial charge is 0.257 e. The van der Waals surface area contributed by atoms with Gasteiger partial charge in [0, 0.05) is 22.7 Å². The first-order valence-electron chi connectivity index (χ1n) is 10.1. The van der Waals surface area contributed by atoms with Crippen molar-refractivity contribution >= 4 is 46.1 Å². The molecule has 1 aromatic heterocycles. The predicted molar refractivity (Wildman–Crippen MR) is 132 cm³/mol. The van der Waals surface area contributed by atoms with Gasteiger partial charge in [0.05, 0.1) is 35.5 Å². The van der Waals surface area contributed by atoms with Crippen molar-refractivity contribution in [3.8, 4) is 16.3 Å². The zero-order valence-corrected chi connectivity index (χ0v) is 19.2. The standard InChI is InChI=1S/C25H20ClN3O3S/c1-32-18-8-6-7-16(13-18)27-24(31)20-10-3-5-12-22(20)29-23(30)14-17-15-33-25(28-17)19-9-2-4-11-21(19)26/h2-13,15H,14H2,1H3,(H,27,31)(H,29,30). The molecule has 3 aromatic carbocycles. The van der Waals surface area contributed by atoms with Crippen LogP contribution in [-0.4, -0.2) is 23.9 Å². The summed E-state index contributed by atoms with van der Waals surface area (Å²) in [5.41, 5.74) is 2.82. The van der Waals surface area contributed by atoms with Crippen LogP contribution in [0.2, 0.25) is 5.02 Å². The van der Waals surface area contributed by atoms with E-state index < -0.39 is 0 Å². The number of nitrogens with zero attached hydrogens (tertiary/aromatic N) is 1. The summed E-state index contributed by atoms with van der Waals surface area (Å²) in [6.45, 7) is 0. The number of rotatable bonds is 7. The van der Waals surface area contributed by atoms with Crippen LogP contribution in [0.15, 0.2) is 78.2 Å². The van der Waals surface area contributed by atoms with Crippen LogP contribution in [0.4, 0.5) is 11.4 Å². The van der Waals surface area contributed by atoms with E-state index in [0.717, 1.165) is 10.6 Å². The van der Waals surface area contributed by atoms with Gasteiger partial charge in [-0.05, 0) is 30.3 Å². The molecule has 2 N–H and O–H groups in total. The Morgan fingerprint density at radius 1 is 1.00 bits per heavy atom. The molecule has 0 saturated heterocycles. The van der Waals surface area contributed by atoms with Gasteiger partial charge >= 0.3 is 0 Å². The fraction of sp³-hybridized carbons (Fsp3) is 0.0800. The molecule has 0 saturated carbocycles. The maximum Gasteiger partial charge on any atom is 0.257 e. The Hall–Kier alpha value is -3.68. The Labute approximate surface area is 200 Å². The van der Waals surface area contributed by atoms with E-state index in [1.54, 1.807) is 61.7 Å². The van der Waals surface area contributed by atoms with Crippen LogP contribution in [-0.2, 0) is 11.2 Å². The number of ether oxygens (including phenoxy) is 1. The molecule has 0 aliphatic carbocycles. The van der Waals surface area contributed by atoms with Gasteiger partial charge in [0.1, 0.15) is 10.8 Å². The maximum atomic E-state index is 12.8. The number of aromatic nitrogens is 1. The number of amides is 2. The summed E-state index contributed by atoms with van der Waals surface area (Å²) in [7, 11) is 1.56. The van der Waals surface area contributed by atoms with Crippen molar-refractivity contribution < 1.29 is 14.3 Å². The van der Waals surface area contributed by atoms with E-state index in [-0.39, 0.29) is 18.2 Å². The summed E-state index contributed by atoms with van der Waals surface area (Å²) in [6, 6.07) is 21.4. The minimum absolute atomic E-state index is 0.0762. The number of anilines is 2. The van der Waals surface area contributed by atoms with Crippen molar-refractivity contribution in [2.75, 3.05) is 17.7 Å². The predicted octanol–water partition coefficient (Wildman–Crippen LogP) is 5.91. The lowest BCUT2D eigenvalue weighted by molar-refractivity contribution is -0.115. The Bertz CT molecular complexity index is 1310. The number of hydrogen-bond donors (Lipinski definition) is 2. The molecule has 0 bridgehead atoms. The molecule has 0 fully saturated rings. The van der Waals surface area contributed by atoms with E-state index in [1.807, 2.05) is 23.6 Å². The number of methoxy groups -OCH3 is 1. The van der Waals surface area contributed by atoms with Crippen LogP contribution < -0.4 is 15.4 Å². The molecule has 0 radical (unpaired) electrons. The zero-order chi connectivity index (χ0) is 23.2. The van der Waals surface area contributed by atoms with Crippen LogP contribution in [0.1, 0.15) is 16.1 Å². The van der Waals surface area contributed by atoms with Gasteiger partial charge in [-0.2, -0.15) is 0 Å². The number of benzene rings is 3. The number of thiazole rings is 1. The Morgan fingerprint density at radius 2 is 1.79 bits per heavy atom. The van der Waals surface area contributed by atoms with E-state index in [9.17, 15) is 9.59 Å². The van der Waals surface area contributed by atoms with Crippen molar-refractivity contribution in [3.05, 3.63) is 94.5 Å². The molecule has 6 nitrogen and oxygen atoms in total. The summed E-state index contributed by atoms with van der Waals surface area (Å²) in [5, 5.41) is 8.85. The monoisotopic (exact) mass is 477 g/mol. The SMILES string of the molecule is COc1cccc(NC(=O)c2ccccc2NC(=O)Cc2csc(-c3ccccc3Cl)n2)c1. The second-order valence-corrected chi connectivity index (χ2v) is 8.35. The highest BCUT2D eigenvalue weighted by Gasteiger charge is 2.15. The summed E-state index contributed by atoms with van der Waals surface area (Å²) < 4.78 is 5.19. The van der Waals surface area contributed by atoms with E-state index in [4.69, 9.17) is 16.3 Å². The molecule has 0 aliphatic heterocycles. The molecular formula is C25H20ClN3O3S. The van der Waals surface area contributed by atoms with Gasteiger partial charge in [-0.15, -0.1) is 11.3 Å². The number of carbonyl (C=O) groups excluding carboxylic acids is 2. The first-order valence-corrected chi connectivity index (χ1v) is 11.3. The highest BCUT2D eigenvalue weighted by atomic mass is 35.5. The van der Waals surface area contributed by atoms with E-state index in [2.05, 4.69) is 15.6 Å². The Balaban J connectivity index is 1.45. The van der Waals surface area contributed by atoms with Gasteiger partial charge in [-0.1, -0.05) is 48.0 Å². The molecule has 0 atom stereocenters. The van der Waals surface area contributed by atoms with Crippen molar-refractivity contribution in [3.63, 3.8) is 0 Å². The van der Waals surface area contributed by atoms with Gasteiger partial charge < -0.3 is 15.4 Å². The number of nitrogens with one attached hydrogen (secondary N) is 2. The summed E-state index contributed by atoms with van der Waals surface area (Å²) in [5.74, 6) is 0.0234. The quantitative estimate of drug-likeness (QED) is 0.347. The maximum absolute atomic E-state index is 12.8. The van der Waals surface area contributed by atoms with E-state index in [0.29, 0.717) is 33.4 Å². The van der Waals surface area contributed by atoms with Gasteiger partial charge in [-0.25, -0.2) is 4.98 Å². The normalized spacial score (nSPS) is 10.5. The fourth-order valence-electron chi connectivity index (χ4n) is 3.19. The molecule has 8 heteroatoms. The van der Waals surface area contributed by atoms with Crippen LogP contribution in [0, 0.1) is 0 Å². The highest BCUT2D eigenvalue weighted by molar-refractivity contribution is 7.13. The second-order valence-electron chi connectivity index (χ2n) is 7.08. The largest absolute Gasteiger partial charge is 0.497 e. The van der Waals surface area contributed by atoms with Crippen LogP contribution in [0.3, 0.4) is 0 Å². The molecular weight excluding hydrogens is 458 g/mol. The number of halogens is 1. The average Bonchev–Trinajstić information content (AvgIpc) is 3.27. The van der Waals surface area contributed by atoms with Crippen molar-refractivity contribution in [2.45, 2.75) is 6.42 Å². The van der Waals surface area contributed by atoms with Gasteiger partial charge in [0.15, 0.2) is 0 Å². The molecule has 166 valence electrons. The number of carbonyl (C=O) groups is 2. The third kappa shape index (κ3) is 5.58. The minimum Gasteiger partial charge on any atom is -0.497 e. The third-order valence-electron chi connectivity index (χ3n) is 4.77.